The molecule has 9 heavy (non-hydrogen) atoms. The van der Waals surface area contributed by atoms with E-state index < -0.39 is 20.5 Å². The van der Waals surface area contributed by atoms with E-state index in [1.807, 2.05) is 0 Å². The van der Waals surface area contributed by atoms with Crippen molar-refractivity contribution >= 4 is 19.7 Å². The predicted octanol–water partition coefficient (Wildman–Crippen LogP) is 1.06. The molecule has 0 atom stereocenters. The Labute approximate surface area is 57.4 Å². The minimum atomic E-state index is -3.47. The predicted molar refractivity (Wildman–Crippen MR) is 32.7 cm³/mol. The van der Waals surface area contributed by atoms with Gasteiger partial charge in [-0.1, -0.05) is 0 Å². The van der Waals surface area contributed by atoms with Gasteiger partial charge in [0, 0.05) is 10.7 Å². The van der Waals surface area contributed by atoms with Crippen LogP contribution in [-0.2, 0) is 9.05 Å². The summed E-state index contributed by atoms with van der Waals surface area (Å²) in [6.07, 6.45) is -0.805. The van der Waals surface area contributed by atoms with Gasteiger partial charge in [0.1, 0.15) is 6.17 Å². The van der Waals surface area contributed by atoms with Crippen molar-refractivity contribution < 1.29 is 12.8 Å². The summed E-state index contributed by atoms with van der Waals surface area (Å²) in [7, 11) is 1.44. The van der Waals surface area contributed by atoms with E-state index in [-0.39, 0.29) is 12.8 Å². The number of hydrogen-bond donors (Lipinski definition) is 0. The molecule has 1 fully saturated rings. The first-order valence-corrected chi connectivity index (χ1v) is 4.95. The van der Waals surface area contributed by atoms with Crippen molar-refractivity contribution in [3.8, 4) is 0 Å². The molecule has 1 aliphatic carbocycles. The standard InChI is InChI=1S/C4H6ClFO2S/c5-9(7,8)4-1-3(6)2-4/h3-4H,1-2H2/t3-,4-. The van der Waals surface area contributed by atoms with E-state index in [9.17, 15) is 12.8 Å². The summed E-state index contributed by atoms with van der Waals surface area (Å²) in [6.45, 7) is 0. The molecule has 0 unspecified atom stereocenters. The van der Waals surface area contributed by atoms with Crippen molar-refractivity contribution in [2.45, 2.75) is 24.3 Å². The third-order valence-corrected chi connectivity index (χ3v) is 3.37. The molecule has 0 radical (unpaired) electrons. The highest BCUT2D eigenvalue weighted by Gasteiger charge is 2.37. The van der Waals surface area contributed by atoms with Gasteiger partial charge in [0.2, 0.25) is 9.05 Å². The van der Waals surface area contributed by atoms with Gasteiger partial charge in [0.05, 0.1) is 5.25 Å². The molecule has 0 amide bonds. The summed E-state index contributed by atoms with van der Waals surface area (Å²) in [5, 5.41) is -0.630. The van der Waals surface area contributed by atoms with Gasteiger partial charge < -0.3 is 0 Å². The molecular weight excluding hydrogens is 167 g/mol. The fraction of sp³-hybridized carbons (Fsp3) is 1.00. The van der Waals surface area contributed by atoms with Gasteiger partial charge in [-0.3, -0.25) is 0 Å². The number of rotatable bonds is 1. The molecule has 1 aliphatic rings. The molecule has 0 aromatic rings. The van der Waals surface area contributed by atoms with Crippen molar-refractivity contribution in [3.05, 3.63) is 0 Å². The highest BCUT2D eigenvalue weighted by atomic mass is 35.7. The third-order valence-electron chi connectivity index (χ3n) is 1.44. The first-order valence-electron chi connectivity index (χ1n) is 2.57. The summed E-state index contributed by atoms with van der Waals surface area (Å²) in [4.78, 5) is 0. The zero-order valence-electron chi connectivity index (χ0n) is 4.55. The average molecular weight is 173 g/mol. The third kappa shape index (κ3) is 1.55. The van der Waals surface area contributed by atoms with Crippen molar-refractivity contribution in [2.75, 3.05) is 0 Å². The van der Waals surface area contributed by atoms with Crippen molar-refractivity contribution in [1.82, 2.24) is 0 Å². The molecule has 0 aromatic carbocycles. The summed E-state index contributed by atoms with van der Waals surface area (Å²) >= 11 is 0. The van der Waals surface area contributed by atoms with Crippen LogP contribution in [0.4, 0.5) is 4.39 Å². The average Bonchev–Trinajstić information content (AvgIpc) is 1.55. The molecule has 0 aliphatic heterocycles. The lowest BCUT2D eigenvalue weighted by atomic mass is 9.97. The summed E-state index contributed by atoms with van der Waals surface area (Å²) in [5.41, 5.74) is 0. The largest absolute Gasteiger partial charge is 0.247 e. The van der Waals surface area contributed by atoms with E-state index in [0.29, 0.717) is 0 Å². The second-order valence-electron chi connectivity index (χ2n) is 2.17. The van der Waals surface area contributed by atoms with Crippen LogP contribution in [0.15, 0.2) is 0 Å². The Balaban J connectivity index is 2.51. The van der Waals surface area contributed by atoms with E-state index >= 15 is 0 Å². The lowest BCUT2D eigenvalue weighted by Crippen LogP contribution is -2.34. The molecule has 0 saturated heterocycles. The van der Waals surface area contributed by atoms with Crippen LogP contribution in [0.3, 0.4) is 0 Å². The number of alkyl halides is 1. The molecule has 0 heterocycles. The molecule has 0 N–H and O–H groups in total. The van der Waals surface area contributed by atoms with E-state index in [1.165, 1.54) is 0 Å². The normalized spacial score (nSPS) is 35.8. The zero-order chi connectivity index (χ0) is 7.07. The first-order chi connectivity index (χ1) is 4.00. The van der Waals surface area contributed by atoms with Gasteiger partial charge >= 0.3 is 0 Å². The second kappa shape index (κ2) is 2.09. The lowest BCUT2D eigenvalue weighted by molar-refractivity contribution is 0.215. The van der Waals surface area contributed by atoms with Gasteiger partial charge in [-0.25, -0.2) is 12.8 Å². The zero-order valence-corrected chi connectivity index (χ0v) is 6.12. The quantitative estimate of drug-likeness (QED) is 0.555. The summed E-state index contributed by atoms with van der Waals surface area (Å²) in [5.74, 6) is 0. The maximum atomic E-state index is 12.0. The van der Waals surface area contributed by atoms with Crippen LogP contribution in [0.2, 0.25) is 0 Å². The fourth-order valence-corrected chi connectivity index (χ4v) is 2.05. The number of halogens is 2. The van der Waals surface area contributed by atoms with Crippen molar-refractivity contribution in [2.24, 2.45) is 0 Å². The van der Waals surface area contributed by atoms with Crippen LogP contribution in [0, 0.1) is 0 Å². The topological polar surface area (TPSA) is 34.1 Å². The molecule has 54 valence electrons. The molecule has 2 nitrogen and oxygen atoms in total. The second-order valence-corrected chi connectivity index (χ2v) is 5.07. The lowest BCUT2D eigenvalue weighted by Gasteiger charge is -2.25. The van der Waals surface area contributed by atoms with Gasteiger partial charge in [-0.15, -0.1) is 0 Å². The highest BCUT2D eigenvalue weighted by Crippen LogP contribution is 2.31. The molecule has 1 rings (SSSR count). The first kappa shape index (κ1) is 7.28. The Morgan fingerprint density at radius 2 is 1.89 bits per heavy atom. The maximum Gasteiger partial charge on any atom is 0.235 e. The van der Waals surface area contributed by atoms with Crippen LogP contribution in [0.5, 0.6) is 0 Å². The van der Waals surface area contributed by atoms with E-state index in [0.717, 1.165) is 0 Å². The monoisotopic (exact) mass is 172 g/mol. The van der Waals surface area contributed by atoms with Gasteiger partial charge in [0.15, 0.2) is 0 Å². The van der Waals surface area contributed by atoms with Crippen molar-refractivity contribution in [3.63, 3.8) is 0 Å². The SMILES string of the molecule is O=S(=O)(Cl)[C@H]1C[C@H](F)C1. The summed E-state index contributed by atoms with van der Waals surface area (Å²) in [6, 6.07) is 0. The molecular formula is C4H6ClFO2S. The molecule has 5 heteroatoms. The van der Waals surface area contributed by atoms with Crippen LogP contribution in [0.25, 0.3) is 0 Å². The Bertz CT molecular complexity index is 195. The molecule has 1 saturated carbocycles. The van der Waals surface area contributed by atoms with Crippen LogP contribution < -0.4 is 0 Å². The van der Waals surface area contributed by atoms with E-state index in [1.54, 1.807) is 0 Å². The smallest absolute Gasteiger partial charge is 0.235 e. The molecule has 0 aromatic heterocycles. The van der Waals surface area contributed by atoms with Crippen molar-refractivity contribution in [1.29, 1.82) is 0 Å². The Hall–Kier alpha value is 0.170. The van der Waals surface area contributed by atoms with E-state index in [4.69, 9.17) is 10.7 Å². The molecule has 0 bridgehead atoms. The van der Waals surface area contributed by atoms with Crippen LogP contribution in [-0.4, -0.2) is 19.8 Å². The Morgan fingerprint density at radius 1 is 1.44 bits per heavy atom. The van der Waals surface area contributed by atoms with E-state index in [2.05, 4.69) is 0 Å². The van der Waals surface area contributed by atoms with Crippen LogP contribution in [0.1, 0.15) is 12.8 Å². The fourth-order valence-electron chi connectivity index (χ4n) is 0.731. The number of hydrogen-bond acceptors (Lipinski definition) is 2. The minimum absolute atomic E-state index is 0.0752. The van der Waals surface area contributed by atoms with Crippen LogP contribution >= 0.6 is 10.7 Å². The van der Waals surface area contributed by atoms with Gasteiger partial charge in [-0.05, 0) is 12.8 Å². The Kier molecular flexibility index (Phi) is 1.69. The maximum absolute atomic E-state index is 12.0. The van der Waals surface area contributed by atoms with Gasteiger partial charge in [-0.2, -0.15) is 0 Å². The summed E-state index contributed by atoms with van der Waals surface area (Å²) < 4.78 is 32.7. The Morgan fingerprint density at radius 3 is 2.00 bits per heavy atom. The minimum Gasteiger partial charge on any atom is -0.247 e. The highest BCUT2D eigenvalue weighted by molar-refractivity contribution is 8.14. The molecule has 0 spiro atoms. The van der Waals surface area contributed by atoms with Gasteiger partial charge in [0.25, 0.3) is 0 Å².